The van der Waals surface area contributed by atoms with Gasteiger partial charge < -0.3 is 10.2 Å². The topological polar surface area (TPSA) is 79.3 Å². The van der Waals surface area contributed by atoms with Crippen molar-refractivity contribution in [1.82, 2.24) is 20.0 Å². The number of rotatable bonds is 7. The number of hydrogen-bond donors (Lipinski definition) is 2. The van der Waals surface area contributed by atoms with E-state index >= 15 is 0 Å². The number of nitrogens with one attached hydrogen (secondary N) is 2. The maximum absolute atomic E-state index is 12.1. The summed E-state index contributed by atoms with van der Waals surface area (Å²) < 4.78 is 1.79. The van der Waals surface area contributed by atoms with Gasteiger partial charge in [0.2, 0.25) is 5.91 Å². The number of aromatic nitrogens is 2. The van der Waals surface area contributed by atoms with Crippen LogP contribution in [0.3, 0.4) is 0 Å². The van der Waals surface area contributed by atoms with Crippen LogP contribution in [0.4, 0.5) is 10.6 Å². The Morgan fingerprint density at radius 1 is 1.27 bits per heavy atom. The number of nitrogens with zero attached hydrogens (tertiary/aromatic N) is 3. The number of amides is 3. The molecule has 3 rings (SSSR count). The standard InChI is InChI=1S/C19H25N5O2/c1-15(16-7-3-2-4-8-16)24-17(10-12-21-24)22-19(26)20-11-6-14-23-13-5-9-18(23)25/h2-4,7-8,10,12,15H,5-6,9,11,13-14H2,1H3,(H2,20,22,26). The average molecular weight is 355 g/mol. The van der Waals surface area contributed by atoms with Crippen molar-refractivity contribution in [3.63, 3.8) is 0 Å². The Morgan fingerprint density at radius 2 is 2.08 bits per heavy atom. The van der Waals surface area contributed by atoms with Gasteiger partial charge in [0.05, 0.1) is 12.2 Å². The van der Waals surface area contributed by atoms with Crippen LogP contribution in [0.1, 0.15) is 37.8 Å². The highest BCUT2D eigenvalue weighted by atomic mass is 16.2. The lowest BCUT2D eigenvalue weighted by molar-refractivity contribution is -0.127. The zero-order valence-electron chi connectivity index (χ0n) is 15.0. The fraction of sp³-hybridized carbons (Fsp3) is 0.421. The van der Waals surface area contributed by atoms with Crippen molar-refractivity contribution in [2.75, 3.05) is 25.0 Å². The fourth-order valence-corrected chi connectivity index (χ4v) is 3.17. The van der Waals surface area contributed by atoms with Gasteiger partial charge in [0.15, 0.2) is 0 Å². The minimum atomic E-state index is -0.264. The van der Waals surface area contributed by atoms with Gasteiger partial charge in [-0.15, -0.1) is 0 Å². The number of carbonyl (C=O) groups excluding carboxylic acids is 2. The van der Waals surface area contributed by atoms with Crippen molar-refractivity contribution in [1.29, 1.82) is 0 Å². The molecule has 1 aliphatic rings. The second-order valence-corrected chi connectivity index (χ2v) is 6.47. The summed E-state index contributed by atoms with van der Waals surface area (Å²) in [5, 5.41) is 10.0. The maximum atomic E-state index is 12.1. The number of likely N-dealkylation sites (tertiary alicyclic amines) is 1. The molecule has 7 nitrogen and oxygen atoms in total. The Bertz CT molecular complexity index is 743. The molecule has 2 aromatic rings. The highest BCUT2D eigenvalue weighted by Crippen LogP contribution is 2.21. The minimum absolute atomic E-state index is 0.0164. The lowest BCUT2D eigenvalue weighted by Gasteiger charge is -2.17. The van der Waals surface area contributed by atoms with E-state index < -0.39 is 0 Å². The minimum Gasteiger partial charge on any atom is -0.343 e. The largest absolute Gasteiger partial charge is 0.343 e. The monoisotopic (exact) mass is 355 g/mol. The van der Waals surface area contributed by atoms with E-state index in [2.05, 4.69) is 15.7 Å². The summed E-state index contributed by atoms with van der Waals surface area (Å²) in [5.41, 5.74) is 1.12. The van der Waals surface area contributed by atoms with Gasteiger partial charge >= 0.3 is 6.03 Å². The van der Waals surface area contributed by atoms with E-state index in [1.54, 1.807) is 16.9 Å². The van der Waals surface area contributed by atoms with Gasteiger partial charge in [0.25, 0.3) is 0 Å². The van der Waals surface area contributed by atoms with Gasteiger partial charge in [0.1, 0.15) is 5.82 Å². The summed E-state index contributed by atoms with van der Waals surface area (Å²) in [6.07, 6.45) is 4.01. The van der Waals surface area contributed by atoms with E-state index in [1.807, 2.05) is 42.2 Å². The zero-order valence-corrected chi connectivity index (χ0v) is 15.0. The number of anilines is 1. The maximum Gasteiger partial charge on any atom is 0.320 e. The molecule has 26 heavy (non-hydrogen) atoms. The van der Waals surface area contributed by atoms with Gasteiger partial charge in [-0.2, -0.15) is 5.10 Å². The first-order chi connectivity index (χ1) is 12.6. The van der Waals surface area contributed by atoms with Crippen LogP contribution in [0.5, 0.6) is 0 Å². The van der Waals surface area contributed by atoms with Crippen LogP contribution in [-0.2, 0) is 4.79 Å². The van der Waals surface area contributed by atoms with Crippen LogP contribution in [0, 0.1) is 0 Å². The van der Waals surface area contributed by atoms with Gasteiger partial charge in [-0.25, -0.2) is 9.48 Å². The molecule has 0 aliphatic carbocycles. The third-order valence-corrected chi connectivity index (χ3v) is 4.62. The van der Waals surface area contributed by atoms with Crippen molar-refractivity contribution in [2.45, 2.75) is 32.2 Å². The van der Waals surface area contributed by atoms with Gasteiger partial charge in [0, 0.05) is 32.1 Å². The molecular formula is C19H25N5O2. The zero-order chi connectivity index (χ0) is 18.4. The molecule has 1 saturated heterocycles. The summed E-state index contributed by atoms with van der Waals surface area (Å²) in [6, 6.07) is 11.6. The predicted octanol–water partition coefficient (Wildman–Crippen LogP) is 2.63. The molecule has 1 fully saturated rings. The molecule has 2 heterocycles. The van der Waals surface area contributed by atoms with E-state index in [0.29, 0.717) is 25.3 Å². The summed E-state index contributed by atoms with van der Waals surface area (Å²) in [5.74, 6) is 0.863. The number of carbonyl (C=O) groups is 2. The first-order valence-electron chi connectivity index (χ1n) is 9.06. The number of benzene rings is 1. The van der Waals surface area contributed by atoms with E-state index in [0.717, 1.165) is 24.9 Å². The lowest BCUT2D eigenvalue weighted by atomic mass is 10.1. The van der Waals surface area contributed by atoms with Crippen molar-refractivity contribution < 1.29 is 9.59 Å². The molecule has 0 bridgehead atoms. The van der Waals surface area contributed by atoms with Crippen molar-refractivity contribution >= 4 is 17.8 Å². The molecule has 7 heteroatoms. The Labute approximate surface area is 153 Å². The highest BCUT2D eigenvalue weighted by Gasteiger charge is 2.19. The van der Waals surface area contributed by atoms with Crippen LogP contribution in [0.25, 0.3) is 0 Å². The van der Waals surface area contributed by atoms with E-state index in [9.17, 15) is 9.59 Å². The first kappa shape index (κ1) is 18.0. The van der Waals surface area contributed by atoms with E-state index in [1.165, 1.54) is 0 Å². The smallest absolute Gasteiger partial charge is 0.320 e. The summed E-state index contributed by atoms with van der Waals surface area (Å²) in [4.78, 5) is 25.5. The SMILES string of the molecule is CC(c1ccccc1)n1nccc1NC(=O)NCCCN1CCCC1=O. The molecule has 1 atom stereocenters. The summed E-state index contributed by atoms with van der Waals surface area (Å²) in [6.45, 7) is 4.10. The second kappa shape index (κ2) is 8.51. The van der Waals surface area contributed by atoms with Crippen LogP contribution in [0.2, 0.25) is 0 Å². The molecule has 0 spiro atoms. The summed E-state index contributed by atoms with van der Waals surface area (Å²) in [7, 11) is 0. The molecule has 1 aromatic carbocycles. The van der Waals surface area contributed by atoms with Crippen LogP contribution in [-0.4, -0.2) is 46.3 Å². The molecule has 0 radical (unpaired) electrons. The number of hydrogen-bond acceptors (Lipinski definition) is 3. The quantitative estimate of drug-likeness (QED) is 0.750. The molecule has 138 valence electrons. The molecule has 0 saturated carbocycles. The first-order valence-corrected chi connectivity index (χ1v) is 9.06. The Hall–Kier alpha value is -2.83. The fourth-order valence-electron chi connectivity index (χ4n) is 3.17. The summed E-state index contributed by atoms with van der Waals surface area (Å²) >= 11 is 0. The molecule has 3 amide bonds. The van der Waals surface area contributed by atoms with Crippen LogP contribution in [0.15, 0.2) is 42.6 Å². The second-order valence-electron chi connectivity index (χ2n) is 6.47. The van der Waals surface area contributed by atoms with E-state index in [4.69, 9.17) is 0 Å². The van der Waals surface area contributed by atoms with Crippen molar-refractivity contribution in [2.24, 2.45) is 0 Å². The van der Waals surface area contributed by atoms with Gasteiger partial charge in [-0.05, 0) is 25.3 Å². The Kier molecular flexibility index (Phi) is 5.88. The van der Waals surface area contributed by atoms with Crippen molar-refractivity contribution in [3.05, 3.63) is 48.2 Å². The van der Waals surface area contributed by atoms with Crippen LogP contribution < -0.4 is 10.6 Å². The van der Waals surface area contributed by atoms with Crippen molar-refractivity contribution in [3.8, 4) is 0 Å². The Morgan fingerprint density at radius 3 is 2.81 bits per heavy atom. The lowest BCUT2D eigenvalue weighted by Crippen LogP contribution is -2.33. The predicted molar refractivity (Wildman–Crippen MR) is 99.9 cm³/mol. The molecule has 1 unspecified atom stereocenters. The molecule has 1 aromatic heterocycles. The Balaban J connectivity index is 1.47. The normalized spacial score (nSPS) is 15.1. The van der Waals surface area contributed by atoms with E-state index in [-0.39, 0.29) is 18.0 Å². The number of urea groups is 1. The van der Waals surface area contributed by atoms with Gasteiger partial charge in [-0.1, -0.05) is 30.3 Å². The highest BCUT2D eigenvalue weighted by molar-refractivity contribution is 5.88. The third-order valence-electron chi connectivity index (χ3n) is 4.62. The average Bonchev–Trinajstić information content (AvgIpc) is 3.28. The van der Waals surface area contributed by atoms with Gasteiger partial charge in [-0.3, -0.25) is 10.1 Å². The molecule has 2 N–H and O–H groups in total. The third kappa shape index (κ3) is 4.41. The van der Waals surface area contributed by atoms with Crippen LogP contribution >= 0.6 is 0 Å². The molecule has 1 aliphatic heterocycles. The molecular weight excluding hydrogens is 330 g/mol.